The van der Waals surface area contributed by atoms with Gasteiger partial charge in [0.25, 0.3) is 11.8 Å². The Morgan fingerprint density at radius 1 is 0.783 bits per heavy atom. The summed E-state index contributed by atoms with van der Waals surface area (Å²) in [7, 11) is 2.13. The largest absolute Gasteiger partial charge is 0.439 e. The Kier molecular flexibility index (Phi) is 9.30. The van der Waals surface area contributed by atoms with Crippen LogP contribution < -0.4 is 15.0 Å². The number of likely N-dealkylation sites (N-methyl/N-ethyl adjacent to an activating group) is 1. The van der Waals surface area contributed by atoms with Crippen LogP contribution >= 0.6 is 0 Å². The number of carbonyl (C=O) groups is 3. The fourth-order valence-corrected chi connectivity index (χ4v) is 5.64. The summed E-state index contributed by atoms with van der Waals surface area (Å²) in [6, 6.07) is 19.8. The summed E-state index contributed by atoms with van der Waals surface area (Å²) in [6.07, 6.45) is 3.99. The number of likely N-dealkylation sites (tertiary alicyclic amines) is 1. The number of hydrogen-bond donors (Lipinski definition) is 1. The van der Waals surface area contributed by atoms with E-state index in [2.05, 4.69) is 32.1 Å². The minimum absolute atomic E-state index is 0.121. The molecule has 2 aliphatic rings. The Morgan fingerprint density at radius 2 is 1.48 bits per heavy atom. The van der Waals surface area contributed by atoms with Gasteiger partial charge in [-0.2, -0.15) is 0 Å². The summed E-state index contributed by atoms with van der Waals surface area (Å²) in [5.41, 5.74) is 2.82. The lowest BCUT2D eigenvalue weighted by molar-refractivity contribution is 0.0645. The maximum Gasteiger partial charge on any atom is 0.272 e. The monoisotopic (exact) mass is 622 g/mol. The zero-order valence-corrected chi connectivity index (χ0v) is 25.6. The number of benzene rings is 2. The molecule has 4 heterocycles. The highest BCUT2D eigenvalue weighted by Crippen LogP contribution is 2.25. The highest BCUT2D eigenvalue weighted by atomic mass is 19.1. The van der Waals surface area contributed by atoms with Crippen LogP contribution in [-0.2, 0) is 0 Å². The summed E-state index contributed by atoms with van der Waals surface area (Å²) >= 11 is 0. The van der Waals surface area contributed by atoms with E-state index < -0.39 is 5.91 Å². The number of amides is 2. The third-order valence-electron chi connectivity index (χ3n) is 8.45. The molecular formula is C35H35FN6O4. The summed E-state index contributed by atoms with van der Waals surface area (Å²) in [4.78, 5) is 53.9. The van der Waals surface area contributed by atoms with Gasteiger partial charge in [0.15, 0.2) is 5.78 Å². The number of halogens is 1. The van der Waals surface area contributed by atoms with Gasteiger partial charge in [0.1, 0.15) is 17.3 Å². The van der Waals surface area contributed by atoms with E-state index in [1.165, 1.54) is 42.7 Å². The third kappa shape index (κ3) is 7.37. The molecule has 0 unspecified atom stereocenters. The minimum atomic E-state index is -0.406. The Balaban J connectivity index is 0.975. The molecule has 0 aliphatic carbocycles. The first kappa shape index (κ1) is 30.8. The Morgan fingerprint density at radius 3 is 2.11 bits per heavy atom. The lowest BCUT2D eigenvalue weighted by Gasteiger charge is -2.34. The van der Waals surface area contributed by atoms with Crippen LogP contribution in [0.3, 0.4) is 0 Å². The molecule has 236 valence electrons. The molecule has 6 rings (SSSR count). The van der Waals surface area contributed by atoms with Crippen LogP contribution in [0.2, 0.25) is 0 Å². The number of piperazine rings is 1. The van der Waals surface area contributed by atoms with Gasteiger partial charge in [0, 0.05) is 68.7 Å². The average molecular weight is 623 g/mol. The van der Waals surface area contributed by atoms with Gasteiger partial charge in [0.05, 0.1) is 17.4 Å². The molecule has 2 aromatic carbocycles. The fourth-order valence-electron chi connectivity index (χ4n) is 5.64. The van der Waals surface area contributed by atoms with Gasteiger partial charge in [-0.05, 0) is 86.6 Å². The van der Waals surface area contributed by atoms with Crippen molar-refractivity contribution in [1.82, 2.24) is 19.8 Å². The van der Waals surface area contributed by atoms with E-state index in [1.807, 2.05) is 24.3 Å². The van der Waals surface area contributed by atoms with Crippen LogP contribution in [0, 0.1) is 11.7 Å². The maximum atomic E-state index is 13.2. The quantitative estimate of drug-likeness (QED) is 0.269. The Hall–Kier alpha value is -5.16. The molecule has 46 heavy (non-hydrogen) atoms. The zero-order valence-electron chi connectivity index (χ0n) is 25.6. The summed E-state index contributed by atoms with van der Waals surface area (Å²) in [6.45, 7) is 4.94. The van der Waals surface area contributed by atoms with Gasteiger partial charge in [-0.25, -0.2) is 9.37 Å². The summed E-state index contributed by atoms with van der Waals surface area (Å²) < 4.78 is 18.7. The Labute approximate surface area is 266 Å². The molecule has 2 saturated heterocycles. The molecule has 2 aliphatic heterocycles. The number of piperidine rings is 1. The van der Waals surface area contributed by atoms with E-state index in [1.54, 1.807) is 23.1 Å². The second-order valence-corrected chi connectivity index (χ2v) is 11.6. The van der Waals surface area contributed by atoms with E-state index in [4.69, 9.17) is 4.74 Å². The van der Waals surface area contributed by atoms with Gasteiger partial charge in [-0.15, -0.1) is 0 Å². The number of hydrogen-bond acceptors (Lipinski definition) is 8. The van der Waals surface area contributed by atoms with Crippen molar-refractivity contribution in [3.05, 3.63) is 108 Å². The maximum absolute atomic E-state index is 13.2. The molecule has 0 bridgehead atoms. The predicted octanol–water partition coefficient (Wildman–Crippen LogP) is 5.15. The number of nitrogens with zero attached hydrogens (tertiary/aromatic N) is 5. The zero-order chi connectivity index (χ0) is 32.0. The second kappa shape index (κ2) is 13.9. The Bertz CT molecular complexity index is 1660. The van der Waals surface area contributed by atoms with Gasteiger partial charge >= 0.3 is 0 Å². The molecule has 10 nitrogen and oxygen atoms in total. The van der Waals surface area contributed by atoms with Crippen molar-refractivity contribution in [3.63, 3.8) is 0 Å². The third-order valence-corrected chi connectivity index (χ3v) is 8.45. The SMILES string of the molecule is CN1CCN(c2ccc(C(=O)C3CCN(C(=O)c4ccc(C(=O)Nc5ccc(Oc6ccc(F)cc6)nc5)cn4)CC3)cc2)CC1. The number of Topliss-reactive ketones (excluding diaryl/α,β-unsaturated/α-hetero) is 1. The molecule has 1 N–H and O–H groups in total. The van der Waals surface area contributed by atoms with Crippen molar-refractivity contribution in [2.24, 2.45) is 5.92 Å². The van der Waals surface area contributed by atoms with Gasteiger partial charge < -0.3 is 24.8 Å². The van der Waals surface area contributed by atoms with Crippen LogP contribution in [0.25, 0.3) is 0 Å². The van der Waals surface area contributed by atoms with E-state index in [0.29, 0.717) is 42.9 Å². The van der Waals surface area contributed by atoms with Crippen LogP contribution in [0.1, 0.15) is 44.0 Å². The van der Waals surface area contributed by atoms with E-state index in [9.17, 15) is 18.8 Å². The molecule has 2 amide bonds. The second-order valence-electron chi connectivity index (χ2n) is 11.6. The smallest absolute Gasteiger partial charge is 0.272 e. The normalized spacial score (nSPS) is 15.8. The lowest BCUT2D eigenvalue weighted by Crippen LogP contribution is -2.44. The first-order chi connectivity index (χ1) is 22.3. The number of ketones is 1. The van der Waals surface area contributed by atoms with Gasteiger partial charge in [-0.1, -0.05) is 0 Å². The number of pyridine rings is 2. The predicted molar refractivity (Wildman–Crippen MR) is 172 cm³/mol. The number of anilines is 2. The standard InChI is InChI=1S/C35H35FN6O4/c1-40-18-20-41(21-19-40)29-8-2-24(3-9-29)33(43)25-14-16-42(17-15-25)35(45)31-12-4-26(22-37-31)34(44)39-28-7-13-32(38-23-28)46-30-10-5-27(36)6-11-30/h2-13,22-23,25H,14-21H2,1H3,(H,39,44). The first-order valence-corrected chi connectivity index (χ1v) is 15.4. The summed E-state index contributed by atoms with van der Waals surface area (Å²) in [5.74, 6) is -0.278. The molecule has 0 spiro atoms. The number of rotatable bonds is 8. The molecule has 0 atom stereocenters. The topological polar surface area (TPSA) is 108 Å². The van der Waals surface area contributed by atoms with Crippen LogP contribution in [0.5, 0.6) is 11.6 Å². The molecule has 2 aromatic heterocycles. The highest BCUT2D eigenvalue weighted by molar-refractivity contribution is 6.04. The van der Waals surface area contributed by atoms with E-state index in [-0.39, 0.29) is 40.6 Å². The van der Waals surface area contributed by atoms with Crippen molar-refractivity contribution in [2.75, 3.05) is 56.5 Å². The van der Waals surface area contributed by atoms with Gasteiger partial charge in [-0.3, -0.25) is 19.4 Å². The minimum Gasteiger partial charge on any atom is -0.439 e. The van der Waals surface area contributed by atoms with Crippen molar-refractivity contribution >= 4 is 29.0 Å². The van der Waals surface area contributed by atoms with E-state index in [0.717, 1.165) is 31.9 Å². The average Bonchev–Trinajstić information content (AvgIpc) is 3.10. The number of aromatic nitrogens is 2. The molecule has 2 fully saturated rings. The van der Waals surface area contributed by atoms with Crippen molar-refractivity contribution in [3.8, 4) is 11.6 Å². The van der Waals surface area contributed by atoms with Gasteiger partial charge in [0.2, 0.25) is 5.88 Å². The van der Waals surface area contributed by atoms with Crippen LogP contribution in [-0.4, -0.2) is 83.7 Å². The van der Waals surface area contributed by atoms with Crippen LogP contribution in [0.4, 0.5) is 15.8 Å². The molecule has 0 radical (unpaired) electrons. The first-order valence-electron chi connectivity index (χ1n) is 15.4. The molecule has 0 saturated carbocycles. The summed E-state index contributed by atoms with van der Waals surface area (Å²) in [5, 5.41) is 2.74. The fraction of sp³-hybridized carbons (Fsp3) is 0.286. The number of carbonyl (C=O) groups excluding carboxylic acids is 3. The molecule has 11 heteroatoms. The van der Waals surface area contributed by atoms with Crippen molar-refractivity contribution in [2.45, 2.75) is 12.8 Å². The van der Waals surface area contributed by atoms with Crippen molar-refractivity contribution < 1.29 is 23.5 Å². The van der Waals surface area contributed by atoms with E-state index >= 15 is 0 Å². The molecular weight excluding hydrogens is 587 g/mol. The number of ether oxygens (including phenoxy) is 1. The highest BCUT2D eigenvalue weighted by Gasteiger charge is 2.29. The van der Waals surface area contributed by atoms with Crippen LogP contribution in [0.15, 0.2) is 85.2 Å². The molecule has 4 aromatic rings. The lowest BCUT2D eigenvalue weighted by atomic mass is 9.88. The number of nitrogens with one attached hydrogen (secondary N) is 1. The van der Waals surface area contributed by atoms with Crippen molar-refractivity contribution in [1.29, 1.82) is 0 Å².